The van der Waals surface area contributed by atoms with Crippen LogP contribution in [0.2, 0.25) is 5.02 Å². The van der Waals surface area contributed by atoms with Gasteiger partial charge in [0.2, 0.25) is 0 Å². The third kappa shape index (κ3) is 1.40. The van der Waals surface area contributed by atoms with E-state index in [-0.39, 0.29) is 17.6 Å². The van der Waals surface area contributed by atoms with Crippen LogP contribution in [0.3, 0.4) is 0 Å². The minimum absolute atomic E-state index is 0.0966. The van der Waals surface area contributed by atoms with Crippen LogP contribution in [0.1, 0.15) is 29.9 Å². The van der Waals surface area contributed by atoms with Crippen LogP contribution in [0.15, 0.2) is 18.2 Å². The highest BCUT2D eigenvalue weighted by molar-refractivity contribution is 6.30. The van der Waals surface area contributed by atoms with Crippen molar-refractivity contribution in [1.82, 2.24) is 0 Å². The monoisotopic (exact) mass is 236 g/mol. The van der Waals surface area contributed by atoms with Gasteiger partial charge in [-0.3, -0.25) is 4.79 Å². The van der Waals surface area contributed by atoms with Crippen LogP contribution in [0.5, 0.6) is 0 Å². The fourth-order valence-corrected chi connectivity index (χ4v) is 3.20. The molecule has 84 valence electrons. The van der Waals surface area contributed by atoms with Gasteiger partial charge in [-0.05, 0) is 42.5 Å². The largest absolute Gasteiger partial charge is 0.392 e. The van der Waals surface area contributed by atoms with Crippen molar-refractivity contribution in [2.75, 3.05) is 0 Å². The highest BCUT2D eigenvalue weighted by Gasteiger charge is 2.42. The van der Waals surface area contributed by atoms with E-state index in [9.17, 15) is 9.90 Å². The van der Waals surface area contributed by atoms with Crippen molar-refractivity contribution in [2.24, 2.45) is 5.92 Å². The molecule has 1 saturated carbocycles. The molecule has 0 aliphatic heterocycles. The molecule has 0 spiro atoms. The highest BCUT2D eigenvalue weighted by Crippen LogP contribution is 2.42. The van der Waals surface area contributed by atoms with Gasteiger partial charge >= 0.3 is 0 Å². The number of carbonyl (C=O) groups is 1. The zero-order chi connectivity index (χ0) is 11.3. The molecule has 2 aliphatic carbocycles. The van der Waals surface area contributed by atoms with Crippen LogP contribution in [0.25, 0.3) is 0 Å². The number of ketones is 1. The van der Waals surface area contributed by atoms with Crippen molar-refractivity contribution in [3.63, 3.8) is 0 Å². The first-order valence-corrected chi connectivity index (χ1v) is 6.04. The molecule has 0 saturated heterocycles. The summed E-state index contributed by atoms with van der Waals surface area (Å²) in [5, 5.41) is 10.7. The Morgan fingerprint density at radius 3 is 2.94 bits per heavy atom. The van der Waals surface area contributed by atoms with E-state index in [1.54, 1.807) is 6.07 Å². The predicted molar refractivity (Wildman–Crippen MR) is 61.6 cm³/mol. The number of rotatable bonds is 0. The highest BCUT2D eigenvalue weighted by atomic mass is 35.5. The van der Waals surface area contributed by atoms with Gasteiger partial charge in [0.1, 0.15) is 5.78 Å². The third-order valence-corrected chi connectivity index (χ3v) is 4.05. The number of fused-ring (bicyclic) bond motifs is 4. The van der Waals surface area contributed by atoms with Crippen molar-refractivity contribution in [3.8, 4) is 0 Å². The molecule has 3 heteroatoms. The molecular weight excluding hydrogens is 224 g/mol. The fourth-order valence-electron chi connectivity index (χ4n) is 3.01. The van der Waals surface area contributed by atoms with Crippen LogP contribution < -0.4 is 0 Å². The second-order valence-electron chi connectivity index (χ2n) is 4.77. The summed E-state index contributed by atoms with van der Waals surface area (Å²) >= 11 is 5.96. The van der Waals surface area contributed by atoms with Gasteiger partial charge in [-0.1, -0.05) is 17.7 Å². The first-order valence-electron chi connectivity index (χ1n) is 5.67. The van der Waals surface area contributed by atoms with E-state index in [0.29, 0.717) is 5.02 Å². The number of halogens is 1. The Labute approximate surface area is 99.2 Å². The summed E-state index contributed by atoms with van der Waals surface area (Å²) in [6.45, 7) is 0. The van der Waals surface area contributed by atoms with E-state index in [1.807, 2.05) is 12.1 Å². The minimum atomic E-state index is -0.510. The molecule has 2 aliphatic rings. The average Bonchev–Trinajstić information content (AvgIpc) is 2.24. The standard InChI is InChI=1S/C13H13ClO2/c14-9-2-3-10-8(6-9)5-7-1-4-11(15)12(10)13(7)16/h2-3,6-7,11-12,15H,1,4-5H2/t7-,11+,12-/m0/s1. The average molecular weight is 237 g/mol. The summed E-state index contributed by atoms with van der Waals surface area (Å²) in [7, 11) is 0. The molecule has 0 heterocycles. The molecular formula is C13H13ClO2. The molecule has 1 fully saturated rings. The van der Waals surface area contributed by atoms with E-state index in [2.05, 4.69) is 0 Å². The SMILES string of the molecule is O=C1[C@H]2CC[C@@H](O)[C@@H]1c1ccc(Cl)cc1C2. The van der Waals surface area contributed by atoms with Crippen LogP contribution in [0, 0.1) is 5.92 Å². The van der Waals surface area contributed by atoms with E-state index in [0.717, 1.165) is 30.4 Å². The molecule has 1 aromatic carbocycles. The molecule has 3 atom stereocenters. The zero-order valence-electron chi connectivity index (χ0n) is 8.82. The molecule has 1 N–H and O–H groups in total. The molecule has 1 aromatic rings. The van der Waals surface area contributed by atoms with Crippen LogP contribution >= 0.6 is 11.6 Å². The topological polar surface area (TPSA) is 37.3 Å². The third-order valence-electron chi connectivity index (χ3n) is 3.81. The van der Waals surface area contributed by atoms with Gasteiger partial charge in [0, 0.05) is 10.9 Å². The fraction of sp³-hybridized carbons (Fsp3) is 0.462. The Morgan fingerprint density at radius 2 is 2.12 bits per heavy atom. The number of Topliss-reactive ketones (excluding diaryl/α,β-unsaturated/α-hetero) is 1. The molecule has 0 amide bonds. The normalized spacial score (nSPS) is 32.4. The lowest BCUT2D eigenvalue weighted by molar-refractivity contribution is -0.131. The van der Waals surface area contributed by atoms with Crippen molar-refractivity contribution in [1.29, 1.82) is 0 Å². The summed E-state index contributed by atoms with van der Waals surface area (Å²) in [5.74, 6) is 0.00713. The van der Waals surface area contributed by atoms with E-state index in [1.165, 1.54) is 0 Å². The maximum atomic E-state index is 12.1. The number of carbonyl (C=O) groups excluding carboxylic acids is 1. The number of benzene rings is 1. The van der Waals surface area contributed by atoms with Crippen molar-refractivity contribution in [2.45, 2.75) is 31.3 Å². The lowest BCUT2D eigenvalue weighted by Gasteiger charge is -2.38. The van der Waals surface area contributed by atoms with E-state index in [4.69, 9.17) is 11.6 Å². The second-order valence-corrected chi connectivity index (χ2v) is 5.21. The number of hydrogen-bond acceptors (Lipinski definition) is 2. The smallest absolute Gasteiger partial charge is 0.146 e. The number of hydrogen-bond donors (Lipinski definition) is 1. The summed E-state index contributed by atoms with van der Waals surface area (Å²) in [5.41, 5.74) is 2.12. The van der Waals surface area contributed by atoms with Gasteiger partial charge in [-0.15, -0.1) is 0 Å². The van der Waals surface area contributed by atoms with Gasteiger partial charge in [-0.2, -0.15) is 0 Å². The minimum Gasteiger partial charge on any atom is -0.392 e. The van der Waals surface area contributed by atoms with Gasteiger partial charge < -0.3 is 5.11 Å². The lowest BCUT2D eigenvalue weighted by atomic mass is 9.67. The van der Waals surface area contributed by atoms with Gasteiger partial charge in [0.25, 0.3) is 0 Å². The van der Waals surface area contributed by atoms with Crippen molar-refractivity contribution >= 4 is 17.4 Å². The first kappa shape index (κ1) is 10.3. The maximum absolute atomic E-state index is 12.1. The quantitative estimate of drug-likeness (QED) is 0.751. The Hall–Kier alpha value is -0.860. The summed E-state index contributed by atoms with van der Waals surface area (Å²) in [4.78, 5) is 12.1. The van der Waals surface area contributed by atoms with Crippen LogP contribution in [-0.4, -0.2) is 17.0 Å². The van der Waals surface area contributed by atoms with Crippen molar-refractivity contribution in [3.05, 3.63) is 34.3 Å². The molecule has 2 nitrogen and oxygen atoms in total. The van der Waals surface area contributed by atoms with Gasteiger partial charge in [-0.25, -0.2) is 0 Å². The van der Waals surface area contributed by atoms with Crippen LogP contribution in [-0.2, 0) is 11.2 Å². The molecule has 0 unspecified atom stereocenters. The van der Waals surface area contributed by atoms with E-state index < -0.39 is 6.10 Å². The summed E-state index contributed by atoms with van der Waals surface area (Å²) in [6, 6.07) is 5.63. The first-order chi connectivity index (χ1) is 7.66. The van der Waals surface area contributed by atoms with Crippen molar-refractivity contribution < 1.29 is 9.90 Å². The number of aliphatic hydroxyl groups is 1. The Kier molecular flexibility index (Phi) is 2.30. The van der Waals surface area contributed by atoms with Gasteiger partial charge in [0.15, 0.2) is 0 Å². The molecule has 16 heavy (non-hydrogen) atoms. The summed E-state index contributed by atoms with van der Waals surface area (Å²) < 4.78 is 0. The second kappa shape index (κ2) is 3.57. The molecule has 0 radical (unpaired) electrons. The number of aliphatic hydroxyl groups excluding tert-OH is 1. The van der Waals surface area contributed by atoms with E-state index >= 15 is 0 Å². The summed E-state index contributed by atoms with van der Waals surface area (Å²) in [6.07, 6.45) is 1.83. The van der Waals surface area contributed by atoms with Gasteiger partial charge in [0.05, 0.1) is 12.0 Å². The Bertz CT molecular complexity index is 455. The Morgan fingerprint density at radius 1 is 1.31 bits per heavy atom. The maximum Gasteiger partial charge on any atom is 0.146 e. The molecule has 3 rings (SSSR count). The molecule has 0 aromatic heterocycles. The zero-order valence-corrected chi connectivity index (χ0v) is 9.57. The predicted octanol–water partition coefficient (Wildman–Crippen LogP) is 2.32. The Balaban J connectivity index is 2.14. The lowest BCUT2D eigenvalue weighted by Crippen LogP contribution is -2.41. The van der Waals surface area contributed by atoms with Crippen LogP contribution in [0.4, 0.5) is 0 Å². The molecule has 2 bridgehead atoms.